The third-order valence-electron chi connectivity index (χ3n) is 2.62. The Labute approximate surface area is 95.3 Å². The lowest BCUT2D eigenvalue weighted by Gasteiger charge is -2.13. The van der Waals surface area contributed by atoms with Crippen LogP contribution in [0.25, 0.3) is 0 Å². The van der Waals surface area contributed by atoms with E-state index in [-0.39, 0.29) is 4.90 Å². The van der Waals surface area contributed by atoms with Crippen molar-refractivity contribution >= 4 is 10.0 Å². The van der Waals surface area contributed by atoms with Crippen LogP contribution in [-0.2, 0) is 10.0 Å². The zero-order chi connectivity index (χ0) is 11.6. The molecule has 0 heterocycles. The summed E-state index contributed by atoms with van der Waals surface area (Å²) in [5.74, 6) is 0.333. The molecule has 0 amide bonds. The van der Waals surface area contributed by atoms with Crippen molar-refractivity contribution in [3.8, 4) is 0 Å². The first kappa shape index (κ1) is 11.1. The quantitative estimate of drug-likeness (QED) is 0.851. The van der Waals surface area contributed by atoms with Crippen LogP contribution in [-0.4, -0.2) is 8.42 Å². The summed E-state index contributed by atoms with van der Waals surface area (Å²) in [5.41, 5.74) is 1.10. The lowest BCUT2D eigenvalue weighted by molar-refractivity contribution is 0.597. The molecule has 0 saturated carbocycles. The molecule has 16 heavy (non-hydrogen) atoms. The smallest absolute Gasteiger partial charge is 0.225 e. The third kappa shape index (κ3) is 2.40. The van der Waals surface area contributed by atoms with E-state index >= 15 is 0 Å². The summed E-state index contributed by atoms with van der Waals surface area (Å²) in [7, 11) is -3.58. The van der Waals surface area contributed by atoms with Gasteiger partial charge < -0.3 is 0 Å². The highest BCUT2D eigenvalue weighted by atomic mass is 32.2. The first-order valence-electron chi connectivity index (χ1n) is 5.03. The molecule has 0 radical (unpaired) electrons. The number of primary sulfonamides is 1. The van der Waals surface area contributed by atoms with E-state index in [1.54, 1.807) is 12.1 Å². The van der Waals surface area contributed by atoms with E-state index < -0.39 is 10.0 Å². The van der Waals surface area contributed by atoms with Gasteiger partial charge in [0.25, 0.3) is 0 Å². The Kier molecular flexibility index (Phi) is 2.94. The van der Waals surface area contributed by atoms with Crippen LogP contribution in [0.5, 0.6) is 0 Å². The number of hydrogen-bond donors (Lipinski definition) is 1. The van der Waals surface area contributed by atoms with Gasteiger partial charge in [0.15, 0.2) is 0 Å². The monoisotopic (exact) mass is 235 g/mol. The molecule has 2 N–H and O–H groups in total. The zero-order valence-corrected chi connectivity index (χ0v) is 9.52. The lowest BCUT2D eigenvalue weighted by Crippen LogP contribution is -2.12. The summed E-state index contributed by atoms with van der Waals surface area (Å²) in [6.45, 7) is 0. The van der Waals surface area contributed by atoms with Gasteiger partial charge in [0, 0.05) is 5.92 Å². The fourth-order valence-electron chi connectivity index (χ4n) is 1.73. The molecule has 1 aliphatic carbocycles. The molecular weight excluding hydrogens is 222 g/mol. The largest absolute Gasteiger partial charge is 0.238 e. The maximum atomic E-state index is 11.1. The Morgan fingerprint density at radius 1 is 1.12 bits per heavy atom. The molecule has 0 spiro atoms. The molecule has 0 bridgehead atoms. The Morgan fingerprint density at radius 3 is 2.31 bits per heavy atom. The van der Waals surface area contributed by atoms with E-state index in [9.17, 15) is 8.42 Å². The van der Waals surface area contributed by atoms with Crippen LogP contribution in [0.4, 0.5) is 0 Å². The van der Waals surface area contributed by atoms with Crippen LogP contribution in [0.15, 0.2) is 53.5 Å². The number of hydrogen-bond acceptors (Lipinski definition) is 2. The van der Waals surface area contributed by atoms with Gasteiger partial charge in [-0.2, -0.15) is 0 Å². The molecule has 0 fully saturated rings. The van der Waals surface area contributed by atoms with Crippen molar-refractivity contribution in [1.29, 1.82) is 0 Å². The van der Waals surface area contributed by atoms with Crippen molar-refractivity contribution in [3.05, 3.63) is 54.1 Å². The van der Waals surface area contributed by atoms with Crippen molar-refractivity contribution < 1.29 is 8.42 Å². The molecule has 1 atom stereocenters. The van der Waals surface area contributed by atoms with E-state index in [2.05, 4.69) is 12.2 Å². The Hall–Kier alpha value is -1.39. The van der Waals surface area contributed by atoms with E-state index in [4.69, 9.17) is 5.14 Å². The van der Waals surface area contributed by atoms with Crippen LogP contribution in [0.1, 0.15) is 17.9 Å². The van der Waals surface area contributed by atoms with Crippen molar-refractivity contribution in [2.45, 2.75) is 17.2 Å². The van der Waals surface area contributed by atoms with Gasteiger partial charge in [-0.1, -0.05) is 36.4 Å². The summed E-state index contributed by atoms with van der Waals surface area (Å²) in [4.78, 5) is 0.159. The van der Waals surface area contributed by atoms with Gasteiger partial charge >= 0.3 is 0 Å². The third-order valence-corrected chi connectivity index (χ3v) is 3.55. The first-order valence-corrected chi connectivity index (χ1v) is 6.58. The van der Waals surface area contributed by atoms with Gasteiger partial charge in [-0.25, -0.2) is 13.6 Å². The SMILES string of the molecule is NS(=O)(=O)c1ccc(C2C=CC=CC2)cc1. The minimum absolute atomic E-state index is 0.159. The molecule has 1 aromatic rings. The molecule has 3 nitrogen and oxygen atoms in total. The summed E-state index contributed by atoms with van der Waals surface area (Å²) < 4.78 is 22.1. The normalized spacial score (nSPS) is 19.9. The highest BCUT2D eigenvalue weighted by molar-refractivity contribution is 7.89. The van der Waals surface area contributed by atoms with Crippen molar-refractivity contribution in [3.63, 3.8) is 0 Å². The molecule has 84 valence electrons. The lowest BCUT2D eigenvalue weighted by atomic mass is 9.93. The van der Waals surface area contributed by atoms with Crippen molar-refractivity contribution in [2.75, 3.05) is 0 Å². The summed E-state index contributed by atoms with van der Waals surface area (Å²) in [6, 6.07) is 6.73. The molecule has 0 aromatic heterocycles. The number of rotatable bonds is 2. The summed E-state index contributed by atoms with van der Waals surface area (Å²) in [5, 5.41) is 5.03. The number of nitrogens with two attached hydrogens (primary N) is 1. The van der Waals surface area contributed by atoms with Crippen LogP contribution < -0.4 is 5.14 Å². The molecular formula is C12H13NO2S. The second-order valence-corrected chi connectivity index (χ2v) is 5.33. The van der Waals surface area contributed by atoms with Crippen LogP contribution >= 0.6 is 0 Å². The van der Waals surface area contributed by atoms with Crippen molar-refractivity contribution in [2.24, 2.45) is 5.14 Å². The van der Waals surface area contributed by atoms with Gasteiger partial charge in [-0.15, -0.1) is 0 Å². The molecule has 1 aromatic carbocycles. The molecule has 0 aliphatic heterocycles. The molecule has 1 aliphatic rings. The Morgan fingerprint density at radius 2 is 1.81 bits per heavy atom. The van der Waals surface area contributed by atoms with E-state index in [1.807, 2.05) is 24.3 Å². The molecule has 4 heteroatoms. The zero-order valence-electron chi connectivity index (χ0n) is 8.71. The number of sulfonamides is 1. The predicted molar refractivity (Wildman–Crippen MR) is 63.5 cm³/mol. The Balaban J connectivity index is 2.26. The van der Waals surface area contributed by atoms with Crippen LogP contribution in [0.3, 0.4) is 0 Å². The van der Waals surface area contributed by atoms with E-state index in [1.165, 1.54) is 0 Å². The van der Waals surface area contributed by atoms with Gasteiger partial charge in [-0.05, 0) is 24.1 Å². The second kappa shape index (κ2) is 4.23. The maximum absolute atomic E-state index is 11.1. The number of allylic oxidation sites excluding steroid dienone is 4. The fourth-order valence-corrected chi connectivity index (χ4v) is 2.25. The topological polar surface area (TPSA) is 60.2 Å². The number of benzene rings is 1. The highest BCUT2D eigenvalue weighted by Crippen LogP contribution is 2.25. The van der Waals surface area contributed by atoms with E-state index in [0.29, 0.717) is 5.92 Å². The highest BCUT2D eigenvalue weighted by Gasteiger charge is 2.11. The standard InChI is InChI=1S/C12H13NO2S/c13-16(14,15)12-8-6-11(7-9-12)10-4-2-1-3-5-10/h1-4,6-10H,5H2,(H2,13,14,15). The Bertz CT molecular complexity index is 527. The molecule has 0 saturated heterocycles. The first-order chi connectivity index (χ1) is 7.57. The van der Waals surface area contributed by atoms with Gasteiger partial charge in [0.1, 0.15) is 0 Å². The molecule has 1 unspecified atom stereocenters. The minimum atomic E-state index is -3.58. The van der Waals surface area contributed by atoms with Gasteiger partial charge in [-0.3, -0.25) is 0 Å². The van der Waals surface area contributed by atoms with E-state index in [0.717, 1.165) is 12.0 Å². The van der Waals surface area contributed by atoms with Crippen LogP contribution in [0.2, 0.25) is 0 Å². The van der Waals surface area contributed by atoms with Gasteiger partial charge in [0.2, 0.25) is 10.0 Å². The second-order valence-electron chi connectivity index (χ2n) is 3.77. The fraction of sp³-hybridized carbons (Fsp3) is 0.167. The average Bonchev–Trinajstić information content (AvgIpc) is 2.29. The minimum Gasteiger partial charge on any atom is -0.225 e. The molecule has 2 rings (SSSR count). The average molecular weight is 235 g/mol. The summed E-state index contributed by atoms with van der Waals surface area (Å²) in [6.07, 6.45) is 9.16. The van der Waals surface area contributed by atoms with Gasteiger partial charge in [0.05, 0.1) is 4.90 Å². The summed E-state index contributed by atoms with van der Waals surface area (Å²) >= 11 is 0. The maximum Gasteiger partial charge on any atom is 0.238 e. The van der Waals surface area contributed by atoms with Crippen LogP contribution in [0, 0.1) is 0 Å². The van der Waals surface area contributed by atoms with Crippen molar-refractivity contribution in [1.82, 2.24) is 0 Å². The predicted octanol–water partition coefficient (Wildman–Crippen LogP) is 1.93.